The molecule has 6 nitrogen and oxygen atoms in total. The molecule has 0 saturated carbocycles. The summed E-state index contributed by atoms with van der Waals surface area (Å²) in [5.74, 6) is -0.251. The summed E-state index contributed by atoms with van der Waals surface area (Å²) in [6, 6.07) is 7.86. The van der Waals surface area contributed by atoms with Crippen molar-refractivity contribution < 1.29 is 4.79 Å². The number of aryl methyl sites for hydroxylation is 1. The maximum absolute atomic E-state index is 12.6. The molecule has 0 radical (unpaired) electrons. The quantitative estimate of drug-likeness (QED) is 0.572. The van der Waals surface area contributed by atoms with Crippen molar-refractivity contribution in [3.63, 3.8) is 0 Å². The summed E-state index contributed by atoms with van der Waals surface area (Å²) in [4.78, 5) is 30.2. The van der Waals surface area contributed by atoms with Gasteiger partial charge in [-0.1, -0.05) is 12.1 Å². The number of benzene rings is 1. The summed E-state index contributed by atoms with van der Waals surface area (Å²) in [6.07, 6.45) is 3.79. The number of carbonyl (C=O) groups excluding carboxylic acids is 1. The van der Waals surface area contributed by atoms with Gasteiger partial charge < -0.3 is 5.32 Å². The lowest BCUT2D eigenvalue weighted by Gasteiger charge is -2.06. The first-order chi connectivity index (χ1) is 12.7. The van der Waals surface area contributed by atoms with Gasteiger partial charge in [-0.25, -0.2) is 19.9 Å². The number of rotatable bonds is 5. The fourth-order valence-electron chi connectivity index (χ4n) is 2.55. The normalized spacial score (nSPS) is 11.0. The van der Waals surface area contributed by atoms with Crippen molar-refractivity contribution in [1.29, 1.82) is 0 Å². The Bertz CT molecular complexity index is 1040. The highest BCUT2D eigenvalue weighted by molar-refractivity contribution is 7.21. The minimum Gasteiger partial charge on any atom is -0.350 e. The van der Waals surface area contributed by atoms with Crippen molar-refractivity contribution in [2.45, 2.75) is 13.3 Å². The second-order valence-corrected chi connectivity index (χ2v) is 7.70. The van der Waals surface area contributed by atoms with E-state index < -0.39 is 0 Å². The maximum Gasteiger partial charge on any atom is 0.272 e. The van der Waals surface area contributed by atoms with Crippen molar-refractivity contribution in [3.8, 4) is 10.7 Å². The molecular formula is C18H15N5OS2. The van der Waals surface area contributed by atoms with E-state index in [4.69, 9.17) is 0 Å². The van der Waals surface area contributed by atoms with Gasteiger partial charge in [-0.15, -0.1) is 22.7 Å². The average molecular weight is 381 g/mol. The first-order valence-electron chi connectivity index (χ1n) is 8.07. The Balaban J connectivity index is 1.54. The smallest absolute Gasteiger partial charge is 0.272 e. The van der Waals surface area contributed by atoms with Gasteiger partial charge in [0.25, 0.3) is 5.91 Å². The van der Waals surface area contributed by atoms with Crippen LogP contribution in [0.4, 0.5) is 0 Å². The summed E-state index contributed by atoms with van der Waals surface area (Å²) < 4.78 is 1.05. The number of thiazole rings is 2. The van der Waals surface area contributed by atoms with Gasteiger partial charge in [0.05, 0.1) is 20.9 Å². The van der Waals surface area contributed by atoms with Crippen LogP contribution in [0.3, 0.4) is 0 Å². The molecule has 0 aliphatic heterocycles. The number of nitrogens with zero attached hydrogens (tertiary/aromatic N) is 4. The molecule has 3 aromatic heterocycles. The number of aromatic nitrogens is 4. The number of carbonyl (C=O) groups is 1. The molecule has 0 aliphatic carbocycles. The first-order valence-corrected chi connectivity index (χ1v) is 9.76. The van der Waals surface area contributed by atoms with E-state index in [1.165, 1.54) is 17.5 Å². The van der Waals surface area contributed by atoms with Crippen LogP contribution in [0, 0.1) is 6.92 Å². The van der Waals surface area contributed by atoms with Gasteiger partial charge in [-0.05, 0) is 19.1 Å². The van der Waals surface area contributed by atoms with Crippen molar-refractivity contribution in [2.24, 2.45) is 0 Å². The van der Waals surface area contributed by atoms with E-state index in [0.29, 0.717) is 29.4 Å². The fraction of sp³-hybridized carbons (Fsp3) is 0.167. The van der Waals surface area contributed by atoms with Gasteiger partial charge in [0.15, 0.2) is 5.69 Å². The fourth-order valence-corrected chi connectivity index (χ4v) is 4.16. The zero-order valence-corrected chi connectivity index (χ0v) is 15.6. The number of fused-ring (bicyclic) bond motifs is 1. The number of nitrogens with one attached hydrogen (secondary N) is 1. The van der Waals surface area contributed by atoms with Crippen LogP contribution in [-0.2, 0) is 6.42 Å². The average Bonchev–Trinajstić information content (AvgIpc) is 3.27. The molecule has 1 N–H and O–H groups in total. The van der Waals surface area contributed by atoms with Gasteiger partial charge in [-0.2, -0.15) is 0 Å². The molecule has 0 unspecified atom stereocenters. The Hall–Kier alpha value is -2.71. The van der Waals surface area contributed by atoms with Crippen LogP contribution in [0.2, 0.25) is 0 Å². The Labute approximate surface area is 158 Å². The molecule has 8 heteroatoms. The van der Waals surface area contributed by atoms with Crippen molar-refractivity contribution in [1.82, 2.24) is 25.3 Å². The molecule has 4 rings (SSSR count). The summed E-state index contributed by atoms with van der Waals surface area (Å²) >= 11 is 3.11. The van der Waals surface area contributed by atoms with Gasteiger partial charge >= 0.3 is 0 Å². The Morgan fingerprint density at radius 2 is 2.00 bits per heavy atom. The maximum atomic E-state index is 12.6. The van der Waals surface area contributed by atoms with Crippen molar-refractivity contribution in [2.75, 3.05) is 6.54 Å². The molecule has 1 aromatic carbocycles. The van der Waals surface area contributed by atoms with E-state index >= 15 is 0 Å². The third kappa shape index (κ3) is 3.47. The topological polar surface area (TPSA) is 80.7 Å². The Morgan fingerprint density at radius 3 is 2.81 bits per heavy atom. The lowest BCUT2D eigenvalue weighted by molar-refractivity contribution is 0.0949. The summed E-state index contributed by atoms with van der Waals surface area (Å²) in [6.45, 7) is 2.47. The molecule has 1 amide bonds. The van der Waals surface area contributed by atoms with Crippen molar-refractivity contribution >= 4 is 38.8 Å². The predicted octanol–water partition coefficient (Wildman–Crippen LogP) is 3.49. The Kier molecular flexibility index (Phi) is 4.68. The SMILES string of the molecule is Cc1nc(CCNC(=O)c2nccnc2-c2nc3ccccc3s2)cs1. The third-order valence-electron chi connectivity index (χ3n) is 3.74. The van der Waals surface area contributed by atoms with Crippen molar-refractivity contribution in [3.05, 3.63) is 58.4 Å². The van der Waals surface area contributed by atoms with Gasteiger partial charge in [0.1, 0.15) is 10.7 Å². The Morgan fingerprint density at radius 1 is 1.15 bits per heavy atom. The molecule has 130 valence electrons. The van der Waals surface area contributed by atoms with Crippen LogP contribution < -0.4 is 5.32 Å². The number of hydrogen-bond acceptors (Lipinski definition) is 7. The minimum atomic E-state index is -0.251. The molecule has 0 saturated heterocycles. The molecule has 26 heavy (non-hydrogen) atoms. The van der Waals surface area contributed by atoms with Crippen LogP contribution in [0.25, 0.3) is 20.9 Å². The zero-order chi connectivity index (χ0) is 17.9. The van der Waals surface area contributed by atoms with Gasteiger partial charge in [0, 0.05) is 30.7 Å². The first kappa shape index (κ1) is 16.7. The summed E-state index contributed by atoms with van der Waals surface area (Å²) in [7, 11) is 0. The highest BCUT2D eigenvalue weighted by Gasteiger charge is 2.18. The van der Waals surface area contributed by atoms with Crippen LogP contribution in [0.5, 0.6) is 0 Å². The lowest BCUT2D eigenvalue weighted by atomic mass is 10.2. The zero-order valence-electron chi connectivity index (χ0n) is 14.0. The molecule has 0 aliphatic rings. The van der Waals surface area contributed by atoms with Gasteiger partial charge in [0.2, 0.25) is 0 Å². The van der Waals surface area contributed by atoms with E-state index in [0.717, 1.165) is 20.9 Å². The molecule has 0 spiro atoms. The predicted molar refractivity (Wildman–Crippen MR) is 104 cm³/mol. The monoisotopic (exact) mass is 381 g/mol. The highest BCUT2D eigenvalue weighted by Crippen LogP contribution is 2.29. The van der Waals surface area contributed by atoms with Crippen LogP contribution in [0.15, 0.2) is 42.0 Å². The molecule has 0 atom stereocenters. The molecule has 3 heterocycles. The lowest BCUT2D eigenvalue weighted by Crippen LogP contribution is -2.27. The van der Waals surface area contributed by atoms with Crippen LogP contribution >= 0.6 is 22.7 Å². The minimum absolute atomic E-state index is 0.251. The molecule has 0 fully saturated rings. The van der Waals surface area contributed by atoms with E-state index in [1.54, 1.807) is 17.5 Å². The van der Waals surface area contributed by atoms with E-state index in [2.05, 4.69) is 25.3 Å². The molecule has 4 aromatic rings. The summed E-state index contributed by atoms with van der Waals surface area (Å²) in [5.41, 5.74) is 2.68. The standard InChI is InChI=1S/C18H15N5OS2/c1-11-22-12(10-25-11)6-7-21-17(24)15-16(20-9-8-19-15)18-23-13-4-2-3-5-14(13)26-18/h2-5,8-10H,6-7H2,1H3,(H,21,24). The van der Waals surface area contributed by atoms with Crippen LogP contribution in [0.1, 0.15) is 21.2 Å². The number of para-hydroxylation sites is 1. The third-order valence-corrected chi connectivity index (χ3v) is 5.61. The molecular weight excluding hydrogens is 366 g/mol. The summed E-state index contributed by atoms with van der Waals surface area (Å²) in [5, 5.41) is 6.63. The van der Waals surface area contributed by atoms with E-state index in [1.807, 2.05) is 36.6 Å². The second-order valence-electron chi connectivity index (χ2n) is 5.60. The van der Waals surface area contributed by atoms with E-state index in [9.17, 15) is 4.79 Å². The number of amides is 1. The van der Waals surface area contributed by atoms with Gasteiger partial charge in [-0.3, -0.25) is 4.79 Å². The highest BCUT2D eigenvalue weighted by atomic mass is 32.1. The molecule has 0 bridgehead atoms. The number of hydrogen-bond donors (Lipinski definition) is 1. The second kappa shape index (κ2) is 7.27. The van der Waals surface area contributed by atoms with E-state index in [-0.39, 0.29) is 5.91 Å². The largest absolute Gasteiger partial charge is 0.350 e. The van der Waals surface area contributed by atoms with Crippen LogP contribution in [-0.4, -0.2) is 32.4 Å².